The zero-order chi connectivity index (χ0) is 17.6. The van der Waals surface area contributed by atoms with Gasteiger partial charge in [0.05, 0.1) is 4.90 Å². The van der Waals surface area contributed by atoms with Crippen molar-refractivity contribution in [2.24, 2.45) is 0 Å². The van der Waals surface area contributed by atoms with E-state index in [1.165, 1.54) is 11.4 Å². The number of carbonyl (C=O) groups excluding carboxylic acids is 1. The number of sulfonamides is 1. The fourth-order valence-electron chi connectivity index (χ4n) is 2.22. The first-order valence-electron chi connectivity index (χ1n) is 7.77. The fourth-order valence-corrected chi connectivity index (χ4v) is 3.43. The molecule has 0 aliphatic carbocycles. The monoisotopic (exact) mass is 346 g/mol. The molecule has 0 unspecified atom stereocenters. The molecule has 0 saturated heterocycles. The van der Waals surface area contributed by atoms with Gasteiger partial charge in [0.15, 0.2) is 0 Å². The number of nitrogens with zero attached hydrogens (tertiary/aromatic N) is 1. The Balaban J connectivity index is 1.85. The Bertz CT molecular complexity index is 772. The first-order chi connectivity index (χ1) is 11.4. The molecule has 1 amide bonds. The summed E-state index contributed by atoms with van der Waals surface area (Å²) in [7, 11) is -1.98. The van der Waals surface area contributed by atoms with Gasteiger partial charge in [-0.1, -0.05) is 35.9 Å². The van der Waals surface area contributed by atoms with Crippen LogP contribution in [-0.4, -0.2) is 32.2 Å². The number of hydrogen-bond acceptors (Lipinski definition) is 3. The van der Waals surface area contributed by atoms with Crippen molar-refractivity contribution in [3.05, 3.63) is 60.2 Å². The van der Waals surface area contributed by atoms with E-state index in [1.54, 1.807) is 24.3 Å². The Morgan fingerprint density at radius 1 is 1.04 bits per heavy atom. The Kier molecular flexibility index (Phi) is 6.11. The van der Waals surface area contributed by atoms with Crippen molar-refractivity contribution in [2.75, 3.05) is 18.9 Å². The molecule has 2 aromatic rings. The SMILES string of the molecule is Cc1ccc(S(=O)(=O)N(C)CCCC(=O)Nc2ccccc2)cc1. The zero-order valence-corrected chi connectivity index (χ0v) is 14.7. The van der Waals surface area contributed by atoms with Gasteiger partial charge in [0.25, 0.3) is 0 Å². The second kappa shape index (κ2) is 8.08. The van der Waals surface area contributed by atoms with Gasteiger partial charge in [-0.3, -0.25) is 4.79 Å². The van der Waals surface area contributed by atoms with Crippen molar-refractivity contribution in [3.8, 4) is 0 Å². The highest BCUT2D eigenvalue weighted by molar-refractivity contribution is 7.89. The van der Waals surface area contributed by atoms with Crippen LogP contribution < -0.4 is 5.32 Å². The molecule has 24 heavy (non-hydrogen) atoms. The average Bonchev–Trinajstić information content (AvgIpc) is 2.56. The van der Waals surface area contributed by atoms with Gasteiger partial charge in [-0.25, -0.2) is 12.7 Å². The smallest absolute Gasteiger partial charge is 0.242 e. The van der Waals surface area contributed by atoms with Crippen LogP contribution in [0.25, 0.3) is 0 Å². The second-order valence-corrected chi connectivity index (χ2v) is 7.70. The summed E-state index contributed by atoms with van der Waals surface area (Å²) < 4.78 is 26.2. The molecule has 0 bridgehead atoms. The molecule has 0 fully saturated rings. The number of aryl methyl sites for hydroxylation is 1. The van der Waals surface area contributed by atoms with Crippen molar-refractivity contribution >= 4 is 21.6 Å². The summed E-state index contributed by atoms with van der Waals surface area (Å²) >= 11 is 0. The van der Waals surface area contributed by atoms with Gasteiger partial charge in [-0.05, 0) is 37.6 Å². The van der Waals surface area contributed by atoms with E-state index in [2.05, 4.69) is 5.32 Å². The summed E-state index contributed by atoms with van der Waals surface area (Å²) in [6.07, 6.45) is 0.725. The summed E-state index contributed by atoms with van der Waals surface area (Å²) in [5.74, 6) is -0.123. The number of amides is 1. The van der Waals surface area contributed by atoms with Gasteiger partial charge in [0.2, 0.25) is 15.9 Å². The molecule has 0 radical (unpaired) electrons. The van der Waals surface area contributed by atoms with Crippen LogP contribution in [0.4, 0.5) is 5.69 Å². The highest BCUT2D eigenvalue weighted by Crippen LogP contribution is 2.15. The quantitative estimate of drug-likeness (QED) is 0.838. The van der Waals surface area contributed by atoms with Crippen LogP contribution in [0.5, 0.6) is 0 Å². The predicted molar refractivity (Wildman–Crippen MR) is 95.3 cm³/mol. The normalized spacial score (nSPS) is 11.5. The van der Waals surface area contributed by atoms with Gasteiger partial charge in [-0.15, -0.1) is 0 Å². The summed E-state index contributed by atoms with van der Waals surface area (Å²) in [5, 5.41) is 2.79. The first kappa shape index (κ1) is 18.2. The van der Waals surface area contributed by atoms with Gasteiger partial charge in [0, 0.05) is 25.7 Å². The van der Waals surface area contributed by atoms with Crippen LogP contribution in [0.1, 0.15) is 18.4 Å². The van der Waals surface area contributed by atoms with E-state index in [9.17, 15) is 13.2 Å². The standard InChI is InChI=1S/C18H22N2O3S/c1-15-10-12-17(13-11-15)24(22,23)20(2)14-6-9-18(21)19-16-7-4-3-5-8-16/h3-5,7-8,10-13H,6,9,14H2,1-2H3,(H,19,21). The van der Waals surface area contributed by atoms with Crippen molar-refractivity contribution in [3.63, 3.8) is 0 Å². The maximum absolute atomic E-state index is 12.4. The van der Waals surface area contributed by atoms with Crippen molar-refractivity contribution in [2.45, 2.75) is 24.7 Å². The molecule has 0 spiro atoms. The largest absolute Gasteiger partial charge is 0.326 e. The summed E-state index contributed by atoms with van der Waals surface area (Å²) in [6.45, 7) is 2.20. The molecule has 0 heterocycles. The van der Waals surface area contributed by atoms with Crippen LogP contribution in [0.2, 0.25) is 0 Å². The third kappa shape index (κ3) is 4.91. The number of para-hydroxylation sites is 1. The molecule has 0 aliphatic heterocycles. The number of hydrogen-bond donors (Lipinski definition) is 1. The van der Waals surface area contributed by atoms with Crippen LogP contribution in [0, 0.1) is 6.92 Å². The minimum Gasteiger partial charge on any atom is -0.326 e. The van der Waals surface area contributed by atoms with Gasteiger partial charge in [0.1, 0.15) is 0 Å². The lowest BCUT2D eigenvalue weighted by atomic mass is 10.2. The van der Waals surface area contributed by atoms with E-state index in [0.717, 1.165) is 11.3 Å². The highest BCUT2D eigenvalue weighted by Gasteiger charge is 2.20. The second-order valence-electron chi connectivity index (χ2n) is 5.66. The molecule has 0 aliphatic rings. The Labute approximate surface area is 143 Å². The third-order valence-electron chi connectivity index (χ3n) is 3.66. The minimum absolute atomic E-state index is 0.123. The molecule has 1 N–H and O–H groups in total. The van der Waals surface area contributed by atoms with Crippen molar-refractivity contribution < 1.29 is 13.2 Å². The maximum atomic E-state index is 12.4. The highest BCUT2D eigenvalue weighted by atomic mass is 32.2. The molecule has 128 valence electrons. The van der Waals surface area contributed by atoms with Gasteiger partial charge < -0.3 is 5.32 Å². The average molecular weight is 346 g/mol. The van der Waals surface area contributed by atoms with Crippen molar-refractivity contribution in [1.29, 1.82) is 0 Å². The summed E-state index contributed by atoms with van der Waals surface area (Å²) in [4.78, 5) is 12.1. The van der Waals surface area contributed by atoms with E-state index in [0.29, 0.717) is 13.0 Å². The molecule has 6 heteroatoms. The molecular weight excluding hydrogens is 324 g/mol. The van der Waals surface area contributed by atoms with Crippen LogP contribution in [0.15, 0.2) is 59.5 Å². The number of carbonyl (C=O) groups is 1. The Morgan fingerprint density at radius 2 is 1.67 bits per heavy atom. The van der Waals surface area contributed by atoms with Gasteiger partial charge >= 0.3 is 0 Å². The number of nitrogens with one attached hydrogen (secondary N) is 1. The summed E-state index contributed by atoms with van der Waals surface area (Å²) in [6, 6.07) is 15.9. The molecular formula is C18H22N2O3S. The molecule has 2 aromatic carbocycles. The Hall–Kier alpha value is -2.18. The maximum Gasteiger partial charge on any atom is 0.242 e. The lowest BCUT2D eigenvalue weighted by Crippen LogP contribution is -2.28. The zero-order valence-electron chi connectivity index (χ0n) is 13.9. The predicted octanol–water partition coefficient (Wildman–Crippen LogP) is 3.03. The van der Waals surface area contributed by atoms with Gasteiger partial charge in [-0.2, -0.15) is 0 Å². The fraction of sp³-hybridized carbons (Fsp3) is 0.278. The molecule has 5 nitrogen and oxygen atoms in total. The number of rotatable bonds is 7. The molecule has 2 rings (SSSR count). The topological polar surface area (TPSA) is 66.5 Å². The third-order valence-corrected chi connectivity index (χ3v) is 5.53. The number of anilines is 1. The van der Waals surface area contributed by atoms with E-state index in [4.69, 9.17) is 0 Å². The van der Waals surface area contributed by atoms with E-state index in [1.807, 2.05) is 37.3 Å². The lowest BCUT2D eigenvalue weighted by molar-refractivity contribution is -0.116. The van der Waals surface area contributed by atoms with E-state index >= 15 is 0 Å². The van der Waals surface area contributed by atoms with E-state index < -0.39 is 10.0 Å². The first-order valence-corrected chi connectivity index (χ1v) is 9.21. The molecule has 0 aromatic heterocycles. The summed E-state index contributed by atoms with van der Waals surface area (Å²) in [5.41, 5.74) is 1.75. The molecule has 0 saturated carbocycles. The number of benzene rings is 2. The van der Waals surface area contributed by atoms with Crippen LogP contribution >= 0.6 is 0 Å². The Morgan fingerprint density at radius 3 is 2.29 bits per heavy atom. The lowest BCUT2D eigenvalue weighted by Gasteiger charge is -2.17. The van der Waals surface area contributed by atoms with Crippen LogP contribution in [0.3, 0.4) is 0 Å². The van der Waals surface area contributed by atoms with Crippen LogP contribution in [-0.2, 0) is 14.8 Å². The van der Waals surface area contributed by atoms with E-state index in [-0.39, 0.29) is 17.2 Å². The minimum atomic E-state index is -3.51. The molecule has 0 atom stereocenters. The van der Waals surface area contributed by atoms with Crippen molar-refractivity contribution in [1.82, 2.24) is 4.31 Å².